The SMILES string of the molecule is CC(C)(C)NC(=O)COC(=O)c1cc(-c2ccc(Cl)cc2)nc2ccccc12. The largest absolute Gasteiger partial charge is 0.452 e. The maximum Gasteiger partial charge on any atom is 0.339 e. The molecule has 0 saturated heterocycles. The average molecular weight is 397 g/mol. The maximum atomic E-state index is 12.7. The summed E-state index contributed by atoms with van der Waals surface area (Å²) in [5.74, 6) is -0.921. The number of esters is 1. The number of hydrogen-bond donors (Lipinski definition) is 1. The Morgan fingerprint density at radius 3 is 2.43 bits per heavy atom. The first-order valence-electron chi connectivity index (χ1n) is 8.87. The van der Waals surface area contributed by atoms with Gasteiger partial charge in [0.25, 0.3) is 5.91 Å². The fraction of sp³-hybridized carbons (Fsp3) is 0.227. The number of carbonyl (C=O) groups excluding carboxylic acids is 2. The van der Waals surface area contributed by atoms with Crippen LogP contribution in [0.3, 0.4) is 0 Å². The van der Waals surface area contributed by atoms with Crippen LogP contribution in [0.25, 0.3) is 22.2 Å². The molecule has 0 spiro atoms. The van der Waals surface area contributed by atoms with Crippen LogP contribution >= 0.6 is 11.6 Å². The molecule has 1 heterocycles. The number of fused-ring (bicyclic) bond motifs is 1. The molecule has 3 aromatic rings. The first-order valence-corrected chi connectivity index (χ1v) is 9.24. The van der Waals surface area contributed by atoms with Crippen LogP contribution in [0.4, 0.5) is 0 Å². The van der Waals surface area contributed by atoms with Crippen molar-refractivity contribution in [2.45, 2.75) is 26.3 Å². The molecule has 0 radical (unpaired) electrons. The van der Waals surface area contributed by atoms with Crippen molar-refractivity contribution in [3.05, 3.63) is 65.2 Å². The van der Waals surface area contributed by atoms with E-state index in [0.29, 0.717) is 27.2 Å². The summed E-state index contributed by atoms with van der Waals surface area (Å²) in [4.78, 5) is 29.3. The molecule has 0 bridgehead atoms. The van der Waals surface area contributed by atoms with E-state index in [-0.39, 0.29) is 12.5 Å². The van der Waals surface area contributed by atoms with Gasteiger partial charge in [0.15, 0.2) is 6.61 Å². The van der Waals surface area contributed by atoms with Crippen LogP contribution in [-0.2, 0) is 9.53 Å². The average Bonchev–Trinajstić information content (AvgIpc) is 2.64. The van der Waals surface area contributed by atoms with E-state index < -0.39 is 11.5 Å². The number of amides is 1. The second-order valence-electron chi connectivity index (χ2n) is 7.45. The van der Waals surface area contributed by atoms with Crippen molar-refractivity contribution in [3.63, 3.8) is 0 Å². The Morgan fingerprint density at radius 1 is 1.07 bits per heavy atom. The van der Waals surface area contributed by atoms with Crippen molar-refractivity contribution >= 4 is 34.4 Å². The molecule has 2 aromatic carbocycles. The van der Waals surface area contributed by atoms with Crippen LogP contribution in [-0.4, -0.2) is 29.0 Å². The van der Waals surface area contributed by atoms with Gasteiger partial charge in [0.1, 0.15) is 0 Å². The predicted octanol–water partition coefficient (Wildman–Crippen LogP) is 4.63. The van der Waals surface area contributed by atoms with Gasteiger partial charge in [-0.3, -0.25) is 4.79 Å². The lowest BCUT2D eigenvalue weighted by Gasteiger charge is -2.20. The molecule has 0 unspecified atom stereocenters. The smallest absolute Gasteiger partial charge is 0.339 e. The monoisotopic (exact) mass is 396 g/mol. The lowest BCUT2D eigenvalue weighted by atomic mass is 10.0. The number of hydrogen-bond acceptors (Lipinski definition) is 4. The van der Waals surface area contributed by atoms with Gasteiger partial charge >= 0.3 is 5.97 Å². The van der Waals surface area contributed by atoms with Crippen molar-refractivity contribution in [1.82, 2.24) is 10.3 Å². The first-order chi connectivity index (χ1) is 13.2. The maximum absolute atomic E-state index is 12.7. The van der Waals surface area contributed by atoms with Crippen molar-refractivity contribution in [1.29, 1.82) is 0 Å². The summed E-state index contributed by atoms with van der Waals surface area (Å²) in [6.07, 6.45) is 0. The zero-order chi connectivity index (χ0) is 20.3. The van der Waals surface area contributed by atoms with E-state index in [1.54, 1.807) is 24.3 Å². The van der Waals surface area contributed by atoms with Gasteiger partial charge in [-0.1, -0.05) is 41.9 Å². The van der Waals surface area contributed by atoms with Gasteiger partial charge < -0.3 is 10.1 Å². The van der Waals surface area contributed by atoms with Gasteiger partial charge in [0, 0.05) is 21.5 Å². The molecule has 1 amide bonds. The minimum absolute atomic E-state index is 0.344. The predicted molar refractivity (Wildman–Crippen MR) is 110 cm³/mol. The second kappa shape index (κ2) is 7.98. The lowest BCUT2D eigenvalue weighted by molar-refractivity contribution is -0.125. The Hall–Kier alpha value is -2.92. The number of para-hydroxylation sites is 1. The molecule has 0 aliphatic carbocycles. The van der Waals surface area contributed by atoms with Crippen LogP contribution in [0.1, 0.15) is 31.1 Å². The molecule has 1 aromatic heterocycles. The van der Waals surface area contributed by atoms with Gasteiger partial charge in [-0.05, 0) is 45.0 Å². The fourth-order valence-corrected chi connectivity index (χ4v) is 2.90. The number of halogens is 1. The molecular weight excluding hydrogens is 376 g/mol. The molecule has 6 heteroatoms. The van der Waals surface area contributed by atoms with E-state index in [1.807, 2.05) is 51.1 Å². The highest BCUT2D eigenvalue weighted by Gasteiger charge is 2.18. The van der Waals surface area contributed by atoms with Gasteiger partial charge in [0.2, 0.25) is 0 Å². The standard InChI is InChI=1S/C22H21ClN2O3/c1-22(2,3)25-20(26)13-28-21(27)17-12-19(14-8-10-15(23)11-9-14)24-18-7-5-4-6-16(17)18/h4-12H,13H2,1-3H3,(H,25,26). The number of carbonyl (C=O) groups is 2. The number of nitrogens with zero attached hydrogens (tertiary/aromatic N) is 1. The summed E-state index contributed by atoms with van der Waals surface area (Å²) < 4.78 is 5.25. The molecule has 0 aliphatic heterocycles. The van der Waals surface area contributed by atoms with Gasteiger partial charge in [-0.2, -0.15) is 0 Å². The van der Waals surface area contributed by atoms with E-state index in [2.05, 4.69) is 10.3 Å². The molecule has 144 valence electrons. The summed E-state index contributed by atoms with van der Waals surface area (Å²) in [7, 11) is 0. The molecule has 1 N–H and O–H groups in total. The molecule has 28 heavy (non-hydrogen) atoms. The number of pyridine rings is 1. The molecule has 0 atom stereocenters. The van der Waals surface area contributed by atoms with E-state index in [4.69, 9.17) is 16.3 Å². The van der Waals surface area contributed by atoms with E-state index in [1.165, 1.54) is 0 Å². The number of nitrogens with one attached hydrogen (secondary N) is 1. The molecule has 0 saturated carbocycles. The highest BCUT2D eigenvalue weighted by atomic mass is 35.5. The summed E-state index contributed by atoms with van der Waals surface area (Å²) in [5, 5.41) is 4.05. The minimum Gasteiger partial charge on any atom is -0.452 e. The third-order valence-corrected chi connectivity index (χ3v) is 4.18. The summed E-state index contributed by atoms with van der Waals surface area (Å²) in [5.41, 5.74) is 2.09. The minimum atomic E-state index is -0.571. The Bertz CT molecular complexity index is 1020. The molecule has 0 aliphatic rings. The Morgan fingerprint density at radius 2 is 1.75 bits per heavy atom. The van der Waals surface area contributed by atoms with Gasteiger partial charge in [0.05, 0.1) is 16.8 Å². The van der Waals surface area contributed by atoms with Crippen molar-refractivity contribution in [2.75, 3.05) is 6.61 Å². The van der Waals surface area contributed by atoms with E-state index in [9.17, 15) is 9.59 Å². The summed E-state index contributed by atoms with van der Waals surface area (Å²) in [6.45, 7) is 5.24. The van der Waals surface area contributed by atoms with Crippen LogP contribution in [0.15, 0.2) is 54.6 Å². The van der Waals surface area contributed by atoms with Crippen LogP contribution in [0.2, 0.25) is 5.02 Å². The number of benzene rings is 2. The van der Waals surface area contributed by atoms with Crippen LogP contribution in [0.5, 0.6) is 0 Å². The van der Waals surface area contributed by atoms with Gasteiger partial charge in [-0.25, -0.2) is 9.78 Å². The van der Waals surface area contributed by atoms with Crippen molar-refractivity contribution < 1.29 is 14.3 Å². The van der Waals surface area contributed by atoms with Crippen LogP contribution < -0.4 is 5.32 Å². The highest BCUT2D eigenvalue weighted by Crippen LogP contribution is 2.26. The highest BCUT2D eigenvalue weighted by molar-refractivity contribution is 6.30. The number of ether oxygens (including phenoxy) is 1. The summed E-state index contributed by atoms with van der Waals surface area (Å²) >= 11 is 5.96. The van der Waals surface area contributed by atoms with E-state index >= 15 is 0 Å². The number of rotatable bonds is 4. The van der Waals surface area contributed by atoms with Crippen molar-refractivity contribution in [3.8, 4) is 11.3 Å². The fourth-order valence-electron chi connectivity index (χ4n) is 2.78. The van der Waals surface area contributed by atoms with Gasteiger partial charge in [-0.15, -0.1) is 0 Å². The quantitative estimate of drug-likeness (QED) is 0.653. The molecule has 0 fully saturated rings. The summed E-state index contributed by atoms with van der Waals surface area (Å²) in [6, 6.07) is 16.2. The molecule has 3 rings (SSSR count). The zero-order valence-electron chi connectivity index (χ0n) is 16.0. The zero-order valence-corrected chi connectivity index (χ0v) is 16.7. The molecular formula is C22H21ClN2O3. The second-order valence-corrected chi connectivity index (χ2v) is 7.89. The Balaban J connectivity index is 1.91. The first kappa shape index (κ1) is 19.8. The molecule has 5 nitrogen and oxygen atoms in total. The normalized spacial score (nSPS) is 11.3. The lowest BCUT2D eigenvalue weighted by Crippen LogP contribution is -2.42. The third-order valence-electron chi connectivity index (χ3n) is 3.92. The number of aromatic nitrogens is 1. The Labute approximate surface area is 168 Å². The third kappa shape index (κ3) is 4.87. The topological polar surface area (TPSA) is 68.3 Å². The Kier molecular flexibility index (Phi) is 5.66. The van der Waals surface area contributed by atoms with E-state index in [0.717, 1.165) is 5.56 Å². The van der Waals surface area contributed by atoms with Crippen LogP contribution in [0, 0.1) is 0 Å². The van der Waals surface area contributed by atoms with Crippen molar-refractivity contribution in [2.24, 2.45) is 0 Å².